The highest BCUT2D eigenvalue weighted by atomic mass is 16.1. The molecule has 0 aliphatic carbocycles. The predicted octanol–water partition coefficient (Wildman–Crippen LogP) is 1.26. The molecule has 17 heavy (non-hydrogen) atoms. The van der Waals surface area contributed by atoms with Crippen molar-refractivity contribution in [1.82, 2.24) is 20.3 Å². The summed E-state index contributed by atoms with van der Waals surface area (Å²) in [7, 11) is 0. The van der Waals surface area contributed by atoms with Crippen LogP contribution in [0.1, 0.15) is 43.1 Å². The molecule has 5 nitrogen and oxygen atoms in total. The third-order valence-corrected chi connectivity index (χ3v) is 3.21. The van der Waals surface area contributed by atoms with Crippen molar-refractivity contribution in [3.8, 4) is 0 Å². The highest BCUT2D eigenvalue weighted by Crippen LogP contribution is 2.16. The Morgan fingerprint density at radius 1 is 1.65 bits per heavy atom. The summed E-state index contributed by atoms with van der Waals surface area (Å²) in [5, 5.41) is 11.1. The fraction of sp³-hybridized carbons (Fsp3) is 0.750. The Morgan fingerprint density at radius 3 is 3.24 bits per heavy atom. The monoisotopic (exact) mass is 236 g/mol. The Kier molecular flexibility index (Phi) is 4.25. The molecule has 2 heterocycles. The molecule has 94 valence electrons. The Hall–Kier alpha value is -1.23. The highest BCUT2D eigenvalue weighted by molar-refractivity contribution is 5.94. The van der Waals surface area contributed by atoms with Gasteiger partial charge < -0.3 is 5.32 Å². The zero-order valence-corrected chi connectivity index (χ0v) is 10.4. The third-order valence-electron chi connectivity index (χ3n) is 3.21. The van der Waals surface area contributed by atoms with Crippen LogP contribution in [-0.4, -0.2) is 33.9 Å². The van der Waals surface area contributed by atoms with Crippen molar-refractivity contribution in [3.05, 3.63) is 11.9 Å². The predicted molar refractivity (Wildman–Crippen MR) is 64.9 cm³/mol. The van der Waals surface area contributed by atoms with Gasteiger partial charge in [0.1, 0.15) is 5.69 Å². The molecule has 1 unspecified atom stereocenters. The van der Waals surface area contributed by atoms with Crippen LogP contribution in [0.2, 0.25) is 0 Å². The van der Waals surface area contributed by atoms with Gasteiger partial charge in [-0.25, -0.2) is 4.68 Å². The van der Waals surface area contributed by atoms with Crippen molar-refractivity contribution >= 4 is 5.78 Å². The molecule has 0 radical (unpaired) electrons. The van der Waals surface area contributed by atoms with Gasteiger partial charge in [0.05, 0.1) is 6.20 Å². The number of aryl methyl sites for hydroxylation is 1. The zero-order valence-electron chi connectivity index (χ0n) is 10.4. The molecule has 1 aliphatic heterocycles. The van der Waals surface area contributed by atoms with Gasteiger partial charge in [0.15, 0.2) is 5.78 Å². The number of nitrogens with zero attached hydrogens (tertiary/aromatic N) is 3. The number of aromatic nitrogens is 3. The normalized spacial score (nSPS) is 20.4. The molecule has 5 heteroatoms. The number of rotatable bonds is 5. The Balaban J connectivity index is 1.96. The fourth-order valence-electron chi connectivity index (χ4n) is 2.32. The molecule has 2 rings (SSSR count). The molecule has 1 fully saturated rings. The number of hydrogen-bond acceptors (Lipinski definition) is 4. The third kappa shape index (κ3) is 3.12. The van der Waals surface area contributed by atoms with Gasteiger partial charge in [0, 0.05) is 13.0 Å². The molecule has 0 bridgehead atoms. The van der Waals surface area contributed by atoms with E-state index in [-0.39, 0.29) is 5.78 Å². The Bertz CT molecular complexity index is 368. The van der Waals surface area contributed by atoms with Crippen LogP contribution in [-0.2, 0) is 6.54 Å². The lowest BCUT2D eigenvalue weighted by atomic mass is 9.93. The van der Waals surface area contributed by atoms with E-state index in [1.165, 1.54) is 6.42 Å². The van der Waals surface area contributed by atoms with Crippen LogP contribution < -0.4 is 5.32 Å². The Labute approximate surface area is 102 Å². The van der Waals surface area contributed by atoms with Gasteiger partial charge >= 0.3 is 0 Å². The standard InChI is InChI=1S/C12H20N4O/c1-2-6-16-11(9-14-15-16)12(17)7-10-4-3-5-13-8-10/h9-10,13H,2-8H2,1H3. The molecule has 1 aliphatic rings. The second kappa shape index (κ2) is 5.91. The number of hydrogen-bond donors (Lipinski definition) is 1. The quantitative estimate of drug-likeness (QED) is 0.782. The first-order chi connectivity index (χ1) is 8.31. The molecular weight excluding hydrogens is 216 g/mol. The molecule has 1 aromatic rings. The largest absolute Gasteiger partial charge is 0.316 e. The SMILES string of the molecule is CCCn1nncc1C(=O)CC1CCCNC1. The van der Waals surface area contributed by atoms with Crippen LogP contribution in [0.15, 0.2) is 6.20 Å². The van der Waals surface area contributed by atoms with Gasteiger partial charge in [-0.15, -0.1) is 5.10 Å². The van der Waals surface area contributed by atoms with Crippen LogP contribution in [0.4, 0.5) is 0 Å². The van der Waals surface area contributed by atoms with E-state index in [0.29, 0.717) is 18.0 Å². The lowest BCUT2D eigenvalue weighted by Gasteiger charge is -2.21. The summed E-state index contributed by atoms with van der Waals surface area (Å²) in [4.78, 5) is 12.1. The maximum Gasteiger partial charge on any atom is 0.182 e. The van der Waals surface area contributed by atoms with E-state index >= 15 is 0 Å². The average Bonchev–Trinajstić information content (AvgIpc) is 2.79. The van der Waals surface area contributed by atoms with Gasteiger partial charge in [0.25, 0.3) is 0 Å². The van der Waals surface area contributed by atoms with Gasteiger partial charge in [-0.1, -0.05) is 12.1 Å². The Morgan fingerprint density at radius 2 is 2.53 bits per heavy atom. The summed E-state index contributed by atoms with van der Waals surface area (Å²) in [6, 6.07) is 0. The van der Waals surface area contributed by atoms with Crippen molar-refractivity contribution in [2.75, 3.05) is 13.1 Å². The summed E-state index contributed by atoms with van der Waals surface area (Å²) < 4.78 is 1.72. The van der Waals surface area contributed by atoms with E-state index in [2.05, 4.69) is 22.6 Å². The van der Waals surface area contributed by atoms with E-state index in [9.17, 15) is 4.79 Å². The molecule has 0 amide bonds. The number of Topliss-reactive ketones (excluding diaryl/α,β-unsaturated/α-hetero) is 1. The smallest absolute Gasteiger partial charge is 0.182 e. The summed E-state index contributed by atoms with van der Waals surface area (Å²) in [6.45, 7) is 4.88. The molecular formula is C12H20N4O. The molecule has 1 aromatic heterocycles. The second-order valence-corrected chi connectivity index (χ2v) is 4.68. The topological polar surface area (TPSA) is 59.8 Å². The molecule has 0 saturated carbocycles. The second-order valence-electron chi connectivity index (χ2n) is 4.68. The van der Waals surface area contributed by atoms with Crippen molar-refractivity contribution in [2.24, 2.45) is 5.92 Å². The minimum absolute atomic E-state index is 0.178. The van der Waals surface area contributed by atoms with Crippen molar-refractivity contribution in [1.29, 1.82) is 0 Å². The molecule has 1 atom stereocenters. The van der Waals surface area contributed by atoms with Crippen LogP contribution in [0.25, 0.3) is 0 Å². The lowest BCUT2D eigenvalue weighted by Crippen LogP contribution is -2.31. The van der Waals surface area contributed by atoms with E-state index in [0.717, 1.165) is 32.5 Å². The molecule has 0 aromatic carbocycles. The minimum atomic E-state index is 0.178. The van der Waals surface area contributed by atoms with Crippen LogP contribution in [0.3, 0.4) is 0 Å². The van der Waals surface area contributed by atoms with Crippen molar-refractivity contribution < 1.29 is 4.79 Å². The van der Waals surface area contributed by atoms with Gasteiger partial charge in [-0.05, 0) is 38.3 Å². The maximum atomic E-state index is 12.1. The number of carbonyl (C=O) groups excluding carboxylic acids is 1. The molecule has 1 N–H and O–H groups in total. The lowest BCUT2D eigenvalue weighted by molar-refractivity contribution is 0.0943. The summed E-state index contributed by atoms with van der Waals surface area (Å²) in [6.07, 6.45) is 5.49. The van der Waals surface area contributed by atoms with E-state index in [1.54, 1.807) is 10.9 Å². The summed E-state index contributed by atoms with van der Waals surface area (Å²) in [5.74, 6) is 0.651. The van der Waals surface area contributed by atoms with Gasteiger partial charge in [-0.2, -0.15) is 0 Å². The summed E-state index contributed by atoms with van der Waals surface area (Å²) in [5.41, 5.74) is 0.664. The van der Waals surface area contributed by atoms with Crippen molar-refractivity contribution in [3.63, 3.8) is 0 Å². The van der Waals surface area contributed by atoms with E-state index < -0.39 is 0 Å². The highest BCUT2D eigenvalue weighted by Gasteiger charge is 2.20. The summed E-state index contributed by atoms with van der Waals surface area (Å²) >= 11 is 0. The maximum absolute atomic E-state index is 12.1. The number of carbonyl (C=O) groups is 1. The fourth-order valence-corrected chi connectivity index (χ4v) is 2.32. The van der Waals surface area contributed by atoms with Crippen LogP contribution in [0, 0.1) is 5.92 Å². The van der Waals surface area contributed by atoms with Crippen LogP contribution >= 0.6 is 0 Å². The molecule has 0 spiro atoms. The minimum Gasteiger partial charge on any atom is -0.316 e. The number of piperidine rings is 1. The van der Waals surface area contributed by atoms with Crippen molar-refractivity contribution in [2.45, 2.75) is 39.2 Å². The average molecular weight is 236 g/mol. The first-order valence-corrected chi connectivity index (χ1v) is 6.43. The number of nitrogens with one attached hydrogen (secondary N) is 1. The first kappa shape index (κ1) is 12.2. The van der Waals surface area contributed by atoms with E-state index in [4.69, 9.17) is 0 Å². The van der Waals surface area contributed by atoms with E-state index in [1.807, 2.05) is 0 Å². The zero-order chi connectivity index (χ0) is 12.1. The number of ketones is 1. The van der Waals surface area contributed by atoms with Gasteiger partial charge in [-0.3, -0.25) is 4.79 Å². The van der Waals surface area contributed by atoms with Gasteiger partial charge in [0.2, 0.25) is 0 Å². The first-order valence-electron chi connectivity index (χ1n) is 6.43. The van der Waals surface area contributed by atoms with Crippen LogP contribution in [0.5, 0.6) is 0 Å². The molecule has 1 saturated heterocycles.